The van der Waals surface area contributed by atoms with E-state index in [4.69, 9.17) is 0 Å². The molecule has 1 saturated carbocycles. The molecule has 0 unspecified atom stereocenters. The summed E-state index contributed by atoms with van der Waals surface area (Å²) in [6.07, 6.45) is 11.6. The van der Waals surface area contributed by atoms with Crippen LogP contribution in [-0.2, 0) is 17.8 Å². The third-order valence-corrected chi connectivity index (χ3v) is 6.44. The quantitative estimate of drug-likeness (QED) is 0.849. The molecule has 0 bridgehead atoms. The number of nitrogens with zero attached hydrogens (tertiary/aromatic N) is 4. The largest absolute Gasteiger partial charge is 0.342 e. The number of piperidine rings is 1. The van der Waals surface area contributed by atoms with Gasteiger partial charge >= 0.3 is 0 Å². The number of likely N-dealkylation sites (tertiary alicyclic amines) is 1. The van der Waals surface area contributed by atoms with Gasteiger partial charge in [0.15, 0.2) is 0 Å². The molecule has 3 heterocycles. The van der Waals surface area contributed by atoms with Gasteiger partial charge < -0.3 is 9.47 Å². The number of H-pyrrole nitrogens is 1. The molecule has 1 aliphatic heterocycles. The Kier molecular flexibility index (Phi) is 5.32. The van der Waals surface area contributed by atoms with E-state index >= 15 is 0 Å². The second-order valence-electron chi connectivity index (χ2n) is 8.33. The van der Waals surface area contributed by atoms with E-state index in [1.807, 2.05) is 20.0 Å². The third-order valence-electron chi connectivity index (χ3n) is 6.44. The maximum Gasteiger partial charge on any atom is 0.222 e. The summed E-state index contributed by atoms with van der Waals surface area (Å²) in [5.41, 5.74) is 3.28. The molecule has 0 spiro atoms. The van der Waals surface area contributed by atoms with Gasteiger partial charge in [-0.25, -0.2) is 4.98 Å². The highest BCUT2D eigenvalue weighted by molar-refractivity contribution is 5.76. The Morgan fingerprint density at radius 2 is 2.11 bits per heavy atom. The fraction of sp³-hybridized carbons (Fsp3) is 0.667. The minimum atomic E-state index is 0.261. The highest BCUT2D eigenvalue weighted by Crippen LogP contribution is 2.31. The highest BCUT2D eigenvalue weighted by Gasteiger charge is 2.28. The van der Waals surface area contributed by atoms with E-state index < -0.39 is 0 Å². The number of imidazole rings is 1. The number of hydrogen-bond donors (Lipinski definition) is 1. The zero-order valence-corrected chi connectivity index (χ0v) is 16.6. The maximum atomic E-state index is 12.8. The highest BCUT2D eigenvalue weighted by atomic mass is 16.2. The number of aromatic nitrogens is 4. The van der Waals surface area contributed by atoms with E-state index in [1.54, 1.807) is 0 Å². The number of nitrogens with one attached hydrogen (secondary N) is 1. The van der Waals surface area contributed by atoms with Crippen molar-refractivity contribution in [3.63, 3.8) is 0 Å². The van der Waals surface area contributed by atoms with Gasteiger partial charge in [0.1, 0.15) is 5.82 Å². The van der Waals surface area contributed by atoms with Gasteiger partial charge in [0.05, 0.1) is 5.69 Å². The number of amides is 1. The van der Waals surface area contributed by atoms with Crippen molar-refractivity contribution in [1.82, 2.24) is 24.6 Å². The number of aromatic amines is 1. The molecule has 6 heteroatoms. The van der Waals surface area contributed by atoms with Crippen LogP contribution in [0.2, 0.25) is 0 Å². The van der Waals surface area contributed by atoms with Gasteiger partial charge in [-0.1, -0.05) is 6.42 Å². The second-order valence-corrected chi connectivity index (χ2v) is 8.33. The van der Waals surface area contributed by atoms with E-state index in [0.29, 0.717) is 12.3 Å². The van der Waals surface area contributed by atoms with E-state index in [2.05, 4.69) is 30.8 Å². The third kappa shape index (κ3) is 3.94. The van der Waals surface area contributed by atoms with Crippen molar-refractivity contribution < 1.29 is 4.79 Å². The lowest BCUT2D eigenvalue weighted by atomic mass is 9.85. The molecule has 4 rings (SSSR count). The first-order valence-electron chi connectivity index (χ1n) is 10.4. The average Bonchev–Trinajstić information content (AvgIpc) is 3.23. The molecular formula is C21H31N5O. The first-order chi connectivity index (χ1) is 13.1. The van der Waals surface area contributed by atoms with E-state index in [1.165, 1.54) is 30.7 Å². The lowest BCUT2D eigenvalue weighted by Crippen LogP contribution is -2.40. The zero-order chi connectivity index (χ0) is 18.8. The molecule has 0 aromatic carbocycles. The average molecular weight is 370 g/mol. The molecule has 6 nitrogen and oxygen atoms in total. The van der Waals surface area contributed by atoms with Crippen LogP contribution in [0.15, 0.2) is 12.4 Å². The standard InChI is InChI=1S/C21H31N5O/c1-15-19(16(2)24-23-15)8-9-20(27)25-11-4-7-18(14-25)21-22-10-12-26(21)13-17-5-3-6-17/h10,12,17-18H,3-9,11,13-14H2,1-2H3,(H,23,24)/t18-/m1/s1. The van der Waals surface area contributed by atoms with Crippen LogP contribution in [0.3, 0.4) is 0 Å². The summed E-state index contributed by atoms with van der Waals surface area (Å²) in [5.74, 6) is 2.63. The topological polar surface area (TPSA) is 66.8 Å². The summed E-state index contributed by atoms with van der Waals surface area (Å²) in [6, 6.07) is 0. The molecule has 2 aliphatic rings. The minimum Gasteiger partial charge on any atom is -0.342 e. The summed E-state index contributed by atoms with van der Waals surface area (Å²) >= 11 is 0. The number of carbonyl (C=O) groups is 1. The molecule has 1 atom stereocenters. The molecule has 1 saturated heterocycles. The van der Waals surface area contributed by atoms with Gasteiger partial charge in [-0.3, -0.25) is 9.89 Å². The molecule has 27 heavy (non-hydrogen) atoms. The Morgan fingerprint density at radius 1 is 1.26 bits per heavy atom. The van der Waals surface area contributed by atoms with E-state index in [-0.39, 0.29) is 5.91 Å². The number of aryl methyl sites for hydroxylation is 2. The van der Waals surface area contributed by atoms with Crippen molar-refractivity contribution in [3.8, 4) is 0 Å². The van der Waals surface area contributed by atoms with Crippen molar-refractivity contribution in [3.05, 3.63) is 35.2 Å². The summed E-state index contributed by atoms with van der Waals surface area (Å²) in [6.45, 7) is 6.81. The molecule has 2 fully saturated rings. The van der Waals surface area contributed by atoms with Gasteiger partial charge in [0.2, 0.25) is 5.91 Å². The fourth-order valence-electron chi connectivity index (χ4n) is 4.54. The molecule has 146 valence electrons. The molecule has 0 radical (unpaired) electrons. The predicted octanol–water partition coefficient (Wildman–Crippen LogP) is 3.36. The van der Waals surface area contributed by atoms with Crippen molar-refractivity contribution in [2.75, 3.05) is 13.1 Å². The molecular weight excluding hydrogens is 338 g/mol. The van der Waals surface area contributed by atoms with Crippen LogP contribution in [0.4, 0.5) is 0 Å². The van der Waals surface area contributed by atoms with Crippen molar-refractivity contribution in [1.29, 1.82) is 0 Å². The monoisotopic (exact) mass is 369 g/mol. The van der Waals surface area contributed by atoms with Crippen molar-refractivity contribution in [2.45, 2.75) is 71.3 Å². The summed E-state index contributed by atoms with van der Waals surface area (Å²) in [4.78, 5) is 19.5. The Labute approximate surface area is 161 Å². The first kappa shape index (κ1) is 18.3. The smallest absolute Gasteiger partial charge is 0.222 e. The van der Waals surface area contributed by atoms with Crippen LogP contribution in [0, 0.1) is 19.8 Å². The molecule has 2 aromatic rings. The van der Waals surface area contributed by atoms with Crippen LogP contribution in [-0.4, -0.2) is 43.6 Å². The van der Waals surface area contributed by atoms with Crippen LogP contribution >= 0.6 is 0 Å². The SMILES string of the molecule is Cc1n[nH]c(C)c1CCC(=O)N1CCC[C@@H](c2nccn2CC2CCC2)C1. The Morgan fingerprint density at radius 3 is 2.81 bits per heavy atom. The number of carbonyl (C=O) groups excluding carboxylic acids is 1. The number of rotatable bonds is 6. The fourth-order valence-corrected chi connectivity index (χ4v) is 4.54. The summed E-state index contributed by atoms with van der Waals surface area (Å²) < 4.78 is 2.35. The van der Waals surface area contributed by atoms with Gasteiger partial charge in [-0.2, -0.15) is 5.10 Å². The van der Waals surface area contributed by atoms with Gasteiger partial charge in [-0.15, -0.1) is 0 Å². The molecule has 1 N–H and O–H groups in total. The number of hydrogen-bond acceptors (Lipinski definition) is 3. The van der Waals surface area contributed by atoms with Crippen LogP contribution in [0.5, 0.6) is 0 Å². The maximum absolute atomic E-state index is 12.8. The molecule has 1 amide bonds. The molecule has 2 aromatic heterocycles. The first-order valence-corrected chi connectivity index (χ1v) is 10.4. The zero-order valence-electron chi connectivity index (χ0n) is 16.6. The lowest BCUT2D eigenvalue weighted by Gasteiger charge is -2.34. The minimum absolute atomic E-state index is 0.261. The van der Waals surface area contributed by atoms with Gasteiger partial charge in [0.25, 0.3) is 0 Å². The van der Waals surface area contributed by atoms with Crippen LogP contribution in [0.25, 0.3) is 0 Å². The van der Waals surface area contributed by atoms with Crippen LogP contribution < -0.4 is 0 Å². The predicted molar refractivity (Wildman–Crippen MR) is 105 cm³/mol. The Balaban J connectivity index is 1.36. The van der Waals surface area contributed by atoms with Gasteiger partial charge in [0, 0.05) is 50.1 Å². The normalized spacial score (nSPS) is 20.7. The Hall–Kier alpha value is -2.11. The lowest BCUT2D eigenvalue weighted by molar-refractivity contribution is -0.132. The van der Waals surface area contributed by atoms with Gasteiger partial charge in [-0.05, 0) is 57.4 Å². The second kappa shape index (κ2) is 7.87. The van der Waals surface area contributed by atoms with Crippen molar-refractivity contribution in [2.24, 2.45) is 5.92 Å². The van der Waals surface area contributed by atoms with E-state index in [9.17, 15) is 4.79 Å². The Bertz CT molecular complexity index is 769. The van der Waals surface area contributed by atoms with E-state index in [0.717, 1.165) is 56.2 Å². The summed E-state index contributed by atoms with van der Waals surface area (Å²) in [7, 11) is 0. The summed E-state index contributed by atoms with van der Waals surface area (Å²) in [5, 5.41) is 7.25. The van der Waals surface area contributed by atoms with Crippen molar-refractivity contribution >= 4 is 5.91 Å². The van der Waals surface area contributed by atoms with Crippen LogP contribution in [0.1, 0.15) is 67.2 Å². The molecule has 1 aliphatic carbocycles.